The van der Waals surface area contributed by atoms with E-state index in [4.69, 9.17) is 9.84 Å². The van der Waals surface area contributed by atoms with Crippen LogP contribution in [-0.2, 0) is 9.53 Å². The average Bonchev–Trinajstić information content (AvgIpc) is 2.39. The lowest BCUT2D eigenvalue weighted by Crippen LogP contribution is -1.99. The lowest BCUT2D eigenvalue weighted by Gasteiger charge is -1.99. The maximum Gasteiger partial charge on any atom is 0.307 e. The van der Waals surface area contributed by atoms with Crippen molar-refractivity contribution >= 4 is 5.97 Å². The van der Waals surface area contributed by atoms with Gasteiger partial charge in [-0.1, -0.05) is 12.2 Å². The second kappa shape index (κ2) is 4.13. The molecule has 0 aromatic rings. The summed E-state index contributed by atoms with van der Waals surface area (Å²) in [5, 5.41) is 8.30. The molecular weight excluding hydrogens is 144 g/mol. The molecule has 1 atom stereocenters. The van der Waals surface area contributed by atoms with Gasteiger partial charge in [0.25, 0.3) is 0 Å². The number of carboxylic acids is 1. The Kier molecular flexibility index (Phi) is 3.11. The zero-order chi connectivity index (χ0) is 8.10. The summed E-state index contributed by atoms with van der Waals surface area (Å²) in [5.41, 5.74) is 0. The summed E-state index contributed by atoms with van der Waals surface area (Å²) < 4.78 is 5.26. The Bertz CT molecular complexity index is 157. The number of aliphatic carboxylic acids is 1. The SMILES string of the molecule is O=C(O)C/C=C\C1CCCO1. The number of hydrogen-bond donors (Lipinski definition) is 1. The standard InChI is InChI=1S/C8H12O3/c9-8(10)5-1-3-7-4-2-6-11-7/h1,3,7H,2,4-6H2,(H,9,10)/b3-1-. The third-order valence-electron chi connectivity index (χ3n) is 1.61. The Morgan fingerprint density at radius 3 is 3.09 bits per heavy atom. The van der Waals surface area contributed by atoms with Gasteiger partial charge in [-0.3, -0.25) is 4.79 Å². The topological polar surface area (TPSA) is 46.5 Å². The summed E-state index contributed by atoms with van der Waals surface area (Å²) in [5.74, 6) is -0.792. The molecular formula is C8H12O3. The van der Waals surface area contributed by atoms with Crippen LogP contribution in [-0.4, -0.2) is 23.8 Å². The Labute approximate surface area is 65.7 Å². The molecule has 0 spiro atoms. The quantitative estimate of drug-likeness (QED) is 0.624. The van der Waals surface area contributed by atoms with Gasteiger partial charge in [0.15, 0.2) is 0 Å². The first-order valence-electron chi connectivity index (χ1n) is 3.79. The fourth-order valence-electron chi connectivity index (χ4n) is 1.07. The van der Waals surface area contributed by atoms with Gasteiger partial charge in [0.05, 0.1) is 12.5 Å². The van der Waals surface area contributed by atoms with Gasteiger partial charge in [-0.2, -0.15) is 0 Å². The fraction of sp³-hybridized carbons (Fsp3) is 0.625. The van der Waals surface area contributed by atoms with Crippen LogP contribution >= 0.6 is 0 Å². The first kappa shape index (κ1) is 8.27. The normalized spacial score (nSPS) is 24.5. The van der Waals surface area contributed by atoms with Crippen LogP contribution in [0.5, 0.6) is 0 Å². The third kappa shape index (κ3) is 3.18. The second-order valence-corrected chi connectivity index (χ2v) is 2.58. The molecule has 1 saturated heterocycles. The summed E-state index contributed by atoms with van der Waals surface area (Å²) in [7, 11) is 0. The molecule has 3 heteroatoms. The molecule has 1 fully saturated rings. The predicted octanol–water partition coefficient (Wildman–Crippen LogP) is 1.20. The van der Waals surface area contributed by atoms with E-state index >= 15 is 0 Å². The zero-order valence-electron chi connectivity index (χ0n) is 6.32. The molecule has 62 valence electrons. The number of carbonyl (C=O) groups is 1. The van der Waals surface area contributed by atoms with E-state index in [1.807, 2.05) is 6.08 Å². The molecule has 1 unspecified atom stereocenters. The molecule has 0 aromatic carbocycles. The van der Waals surface area contributed by atoms with E-state index in [-0.39, 0.29) is 12.5 Å². The van der Waals surface area contributed by atoms with E-state index in [1.54, 1.807) is 6.08 Å². The van der Waals surface area contributed by atoms with E-state index in [1.165, 1.54) is 0 Å². The molecule has 1 aliphatic rings. The zero-order valence-corrected chi connectivity index (χ0v) is 6.32. The van der Waals surface area contributed by atoms with E-state index in [0.717, 1.165) is 19.4 Å². The molecule has 1 heterocycles. The smallest absolute Gasteiger partial charge is 0.307 e. The van der Waals surface area contributed by atoms with Gasteiger partial charge in [-0.05, 0) is 12.8 Å². The minimum atomic E-state index is -0.792. The van der Waals surface area contributed by atoms with Crippen molar-refractivity contribution in [1.82, 2.24) is 0 Å². The van der Waals surface area contributed by atoms with Gasteiger partial charge < -0.3 is 9.84 Å². The van der Waals surface area contributed by atoms with Gasteiger partial charge in [0, 0.05) is 6.61 Å². The Morgan fingerprint density at radius 1 is 1.73 bits per heavy atom. The Hall–Kier alpha value is -0.830. The van der Waals surface area contributed by atoms with Crippen LogP contribution < -0.4 is 0 Å². The van der Waals surface area contributed by atoms with E-state index in [9.17, 15) is 4.79 Å². The summed E-state index contributed by atoms with van der Waals surface area (Å²) in [6.45, 7) is 0.808. The Morgan fingerprint density at radius 2 is 2.55 bits per heavy atom. The van der Waals surface area contributed by atoms with E-state index in [2.05, 4.69) is 0 Å². The van der Waals surface area contributed by atoms with Gasteiger partial charge >= 0.3 is 5.97 Å². The molecule has 0 aromatic heterocycles. The summed E-state index contributed by atoms with van der Waals surface area (Å²) in [6.07, 6.45) is 5.85. The van der Waals surface area contributed by atoms with Crippen LogP contribution in [0.25, 0.3) is 0 Å². The summed E-state index contributed by atoms with van der Waals surface area (Å²) >= 11 is 0. The minimum Gasteiger partial charge on any atom is -0.481 e. The summed E-state index contributed by atoms with van der Waals surface area (Å²) in [6, 6.07) is 0. The first-order valence-corrected chi connectivity index (χ1v) is 3.79. The monoisotopic (exact) mass is 156 g/mol. The Balaban J connectivity index is 2.17. The number of ether oxygens (including phenoxy) is 1. The molecule has 0 bridgehead atoms. The number of rotatable bonds is 3. The van der Waals surface area contributed by atoms with Crippen molar-refractivity contribution in [1.29, 1.82) is 0 Å². The second-order valence-electron chi connectivity index (χ2n) is 2.58. The third-order valence-corrected chi connectivity index (χ3v) is 1.61. The maximum absolute atomic E-state index is 10.1. The number of hydrogen-bond acceptors (Lipinski definition) is 2. The molecule has 1 aliphatic heterocycles. The highest BCUT2D eigenvalue weighted by molar-refractivity contribution is 5.68. The van der Waals surface area contributed by atoms with Crippen molar-refractivity contribution in [3.8, 4) is 0 Å². The highest BCUT2D eigenvalue weighted by Crippen LogP contribution is 2.12. The highest BCUT2D eigenvalue weighted by Gasteiger charge is 2.10. The lowest BCUT2D eigenvalue weighted by molar-refractivity contribution is -0.136. The van der Waals surface area contributed by atoms with Crippen molar-refractivity contribution in [3.63, 3.8) is 0 Å². The fourth-order valence-corrected chi connectivity index (χ4v) is 1.07. The van der Waals surface area contributed by atoms with Crippen molar-refractivity contribution in [2.24, 2.45) is 0 Å². The number of carboxylic acid groups (broad SMARTS) is 1. The van der Waals surface area contributed by atoms with Crippen molar-refractivity contribution in [3.05, 3.63) is 12.2 Å². The predicted molar refractivity (Wildman–Crippen MR) is 40.4 cm³/mol. The van der Waals surface area contributed by atoms with Gasteiger partial charge in [0.2, 0.25) is 0 Å². The van der Waals surface area contributed by atoms with Gasteiger partial charge in [0.1, 0.15) is 0 Å². The molecule has 0 saturated carbocycles. The lowest BCUT2D eigenvalue weighted by atomic mass is 10.2. The molecule has 1 N–H and O–H groups in total. The van der Waals surface area contributed by atoms with Crippen molar-refractivity contribution in [2.75, 3.05) is 6.61 Å². The van der Waals surface area contributed by atoms with Crippen LogP contribution in [0.15, 0.2) is 12.2 Å². The van der Waals surface area contributed by atoms with E-state index < -0.39 is 5.97 Å². The van der Waals surface area contributed by atoms with Crippen LogP contribution in [0.4, 0.5) is 0 Å². The molecule has 0 aliphatic carbocycles. The van der Waals surface area contributed by atoms with Crippen molar-refractivity contribution < 1.29 is 14.6 Å². The molecule has 1 rings (SSSR count). The molecule has 0 amide bonds. The minimum absolute atomic E-state index is 0.0971. The average molecular weight is 156 g/mol. The molecule has 3 nitrogen and oxygen atoms in total. The van der Waals surface area contributed by atoms with Gasteiger partial charge in [-0.25, -0.2) is 0 Å². The van der Waals surface area contributed by atoms with Crippen molar-refractivity contribution in [2.45, 2.75) is 25.4 Å². The molecule has 11 heavy (non-hydrogen) atoms. The largest absolute Gasteiger partial charge is 0.481 e. The first-order chi connectivity index (χ1) is 5.29. The summed E-state index contributed by atoms with van der Waals surface area (Å²) in [4.78, 5) is 10.1. The van der Waals surface area contributed by atoms with Crippen LogP contribution in [0, 0.1) is 0 Å². The molecule has 0 radical (unpaired) electrons. The van der Waals surface area contributed by atoms with Crippen LogP contribution in [0.3, 0.4) is 0 Å². The maximum atomic E-state index is 10.1. The van der Waals surface area contributed by atoms with Crippen LogP contribution in [0.1, 0.15) is 19.3 Å². The van der Waals surface area contributed by atoms with E-state index in [0.29, 0.717) is 0 Å². The van der Waals surface area contributed by atoms with Crippen LogP contribution in [0.2, 0.25) is 0 Å². The van der Waals surface area contributed by atoms with Gasteiger partial charge in [-0.15, -0.1) is 0 Å². The highest BCUT2D eigenvalue weighted by atomic mass is 16.5.